The Morgan fingerprint density at radius 1 is 1.08 bits per heavy atom. The highest BCUT2D eigenvalue weighted by atomic mass is 35.5. The fourth-order valence-corrected chi connectivity index (χ4v) is 6.49. The summed E-state index contributed by atoms with van der Waals surface area (Å²) in [7, 11) is 0. The van der Waals surface area contributed by atoms with Crippen molar-refractivity contribution in [3.8, 4) is 0 Å². The average Bonchev–Trinajstić information content (AvgIpc) is 3.09. The number of benzene rings is 1. The smallest absolute Gasteiger partial charge is 0.313 e. The van der Waals surface area contributed by atoms with Crippen molar-refractivity contribution in [2.45, 2.75) is 50.5 Å². The summed E-state index contributed by atoms with van der Waals surface area (Å²) >= 11 is 6.08. The van der Waals surface area contributed by atoms with Gasteiger partial charge < -0.3 is 24.4 Å². The van der Waals surface area contributed by atoms with E-state index in [9.17, 15) is 19.5 Å². The zero-order valence-corrected chi connectivity index (χ0v) is 21.4. The first kappa shape index (κ1) is 25.0. The van der Waals surface area contributed by atoms with Gasteiger partial charge in [0.15, 0.2) is 0 Å². The topological polar surface area (TPSA) is 96.4 Å². The minimum absolute atomic E-state index is 0.0983. The van der Waals surface area contributed by atoms with E-state index in [1.54, 1.807) is 54.3 Å². The number of carbonyl (C=O) groups excluding carboxylic acids is 3. The Hall–Kier alpha value is -2.68. The third-order valence-electron chi connectivity index (χ3n) is 7.74. The molecule has 4 heterocycles. The molecule has 1 aromatic rings. The molecule has 2 amide bonds. The number of likely N-dealkylation sites (tertiary alicyclic amines) is 1. The molecule has 2 saturated heterocycles. The SMILES string of the molecule is CC(C)C[C@H](CO)N1C(=O)[C@@H]2[C@H]3C(=O)OCC=C[C@@]3(C)O[C@@]23C=CCN(c2ccc(Cl)cc2)C(=O)C13. The highest BCUT2D eigenvalue weighted by Crippen LogP contribution is 2.58. The summed E-state index contributed by atoms with van der Waals surface area (Å²) in [5.41, 5.74) is -1.88. The molecule has 4 aliphatic heterocycles. The number of halogens is 1. The van der Waals surface area contributed by atoms with Gasteiger partial charge in [0, 0.05) is 17.3 Å². The maximum Gasteiger partial charge on any atom is 0.313 e. The highest BCUT2D eigenvalue weighted by molar-refractivity contribution is 6.30. The second-order valence-electron chi connectivity index (χ2n) is 10.6. The van der Waals surface area contributed by atoms with Crippen LogP contribution in [0.1, 0.15) is 27.2 Å². The van der Waals surface area contributed by atoms with E-state index in [1.165, 1.54) is 4.90 Å². The molecule has 192 valence electrons. The third kappa shape index (κ3) is 3.69. The number of nitrogens with zero attached hydrogens (tertiary/aromatic N) is 2. The summed E-state index contributed by atoms with van der Waals surface area (Å²) in [5.74, 6) is -2.97. The first-order chi connectivity index (χ1) is 17.1. The Balaban J connectivity index is 1.67. The van der Waals surface area contributed by atoms with E-state index in [4.69, 9.17) is 21.1 Å². The summed E-state index contributed by atoms with van der Waals surface area (Å²) in [6.45, 7) is 5.80. The molecule has 1 spiro atoms. The standard InChI is InChI=1S/C27H31ClN2O6/c1-16(2)14-19(15-31)30-22-24(33)29(18-8-6-17(28)7-9-18)12-4-11-27(22)20(23(30)32)21-25(34)35-13-5-10-26(21,3)36-27/h4-11,16,19-22,31H,12-15H2,1-3H3/t19-,20+,21+,22?,26-,27+/m1/s1. The van der Waals surface area contributed by atoms with E-state index in [0.717, 1.165) is 0 Å². The first-order valence-electron chi connectivity index (χ1n) is 12.3. The molecule has 1 aromatic carbocycles. The Bertz CT molecular complexity index is 1130. The molecule has 0 saturated carbocycles. The minimum Gasteiger partial charge on any atom is -0.461 e. The summed E-state index contributed by atoms with van der Waals surface area (Å²) in [6, 6.07) is 5.24. The predicted molar refractivity (Wildman–Crippen MR) is 133 cm³/mol. The zero-order chi connectivity index (χ0) is 25.8. The summed E-state index contributed by atoms with van der Waals surface area (Å²) in [5, 5.41) is 10.9. The van der Waals surface area contributed by atoms with Gasteiger partial charge in [-0.2, -0.15) is 0 Å². The Kier molecular flexibility index (Phi) is 6.25. The maximum absolute atomic E-state index is 14.3. The number of hydrogen-bond acceptors (Lipinski definition) is 6. The van der Waals surface area contributed by atoms with Crippen molar-refractivity contribution in [2.75, 3.05) is 24.7 Å². The van der Waals surface area contributed by atoms with Crippen LogP contribution in [0.3, 0.4) is 0 Å². The van der Waals surface area contributed by atoms with Gasteiger partial charge in [-0.05, 0) is 49.6 Å². The molecule has 0 radical (unpaired) electrons. The number of aliphatic hydroxyl groups excluding tert-OH is 1. The summed E-state index contributed by atoms with van der Waals surface area (Å²) < 4.78 is 12.1. The molecule has 1 N–H and O–H groups in total. The van der Waals surface area contributed by atoms with Crippen molar-refractivity contribution < 1.29 is 29.0 Å². The lowest BCUT2D eigenvalue weighted by Gasteiger charge is -2.40. The van der Waals surface area contributed by atoms with Crippen LogP contribution >= 0.6 is 11.6 Å². The molecule has 1 unspecified atom stereocenters. The number of fused-ring (bicyclic) bond motifs is 2. The van der Waals surface area contributed by atoms with Crippen molar-refractivity contribution in [3.63, 3.8) is 0 Å². The quantitative estimate of drug-likeness (QED) is 0.479. The average molecular weight is 515 g/mol. The number of carbonyl (C=O) groups is 3. The van der Waals surface area contributed by atoms with Crippen LogP contribution in [0, 0.1) is 17.8 Å². The summed E-state index contributed by atoms with van der Waals surface area (Å²) in [4.78, 5) is 44.8. The number of hydrogen-bond donors (Lipinski definition) is 1. The normalized spacial score (nSPS) is 34.3. The van der Waals surface area contributed by atoms with Gasteiger partial charge in [-0.3, -0.25) is 14.4 Å². The van der Waals surface area contributed by atoms with Gasteiger partial charge in [-0.15, -0.1) is 0 Å². The van der Waals surface area contributed by atoms with Crippen molar-refractivity contribution in [3.05, 3.63) is 53.6 Å². The minimum atomic E-state index is -1.39. The molecule has 4 aliphatic rings. The molecule has 2 fully saturated rings. The fourth-order valence-electron chi connectivity index (χ4n) is 6.36. The first-order valence-corrected chi connectivity index (χ1v) is 12.7. The molecule has 9 heteroatoms. The molecule has 6 atom stereocenters. The Morgan fingerprint density at radius 2 is 1.81 bits per heavy atom. The monoisotopic (exact) mass is 514 g/mol. The molecule has 0 aromatic heterocycles. The van der Waals surface area contributed by atoms with E-state index in [1.807, 2.05) is 19.9 Å². The molecule has 0 aliphatic carbocycles. The van der Waals surface area contributed by atoms with Gasteiger partial charge in [-0.25, -0.2) is 0 Å². The predicted octanol–water partition coefficient (Wildman–Crippen LogP) is 2.73. The van der Waals surface area contributed by atoms with Gasteiger partial charge in [0.25, 0.3) is 5.91 Å². The van der Waals surface area contributed by atoms with Gasteiger partial charge in [0.2, 0.25) is 5.91 Å². The Morgan fingerprint density at radius 3 is 2.47 bits per heavy atom. The van der Waals surface area contributed by atoms with Crippen molar-refractivity contribution in [1.82, 2.24) is 4.90 Å². The van der Waals surface area contributed by atoms with E-state index in [0.29, 0.717) is 17.1 Å². The number of cyclic esters (lactones) is 1. The van der Waals surface area contributed by atoms with Gasteiger partial charge in [0.05, 0.1) is 24.2 Å². The number of amides is 2. The van der Waals surface area contributed by atoms with Crippen LogP contribution in [-0.4, -0.2) is 70.8 Å². The number of ether oxygens (including phenoxy) is 2. The lowest BCUT2D eigenvalue weighted by atomic mass is 9.75. The fraction of sp³-hybridized carbons (Fsp3) is 0.519. The molecule has 0 bridgehead atoms. The van der Waals surface area contributed by atoms with Gasteiger partial charge in [0.1, 0.15) is 24.2 Å². The summed E-state index contributed by atoms with van der Waals surface area (Å²) in [6.07, 6.45) is 7.56. The van der Waals surface area contributed by atoms with Crippen LogP contribution < -0.4 is 4.90 Å². The Labute approximate surface area is 215 Å². The van der Waals surface area contributed by atoms with E-state index in [2.05, 4.69) is 0 Å². The van der Waals surface area contributed by atoms with Crippen molar-refractivity contribution in [2.24, 2.45) is 17.8 Å². The van der Waals surface area contributed by atoms with Crippen LogP contribution in [0.2, 0.25) is 5.02 Å². The van der Waals surface area contributed by atoms with E-state index < -0.39 is 41.1 Å². The van der Waals surface area contributed by atoms with Crippen LogP contribution in [0.25, 0.3) is 0 Å². The van der Waals surface area contributed by atoms with E-state index >= 15 is 0 Å². The molecule has 36 heavy (non-hydrogen) atoms. The van der Waals surface area contributed by atoms with Crippen molar-refractivity contribution >= 4 is 35.1 Å². The highest BCUT2D eigenvalue weighted by Gasteiger charge is 2.75. The third-order valence-corrected chi connectivity index (χ3v) is 7.99. The van der Waals surface area contributed by atoms with Gasteiger partial charge >= 0.3 is 5.97 Å². The van der Waals surface area contributed by atoms with Crippen LogP contribution in [0.15, 0.2) is 48.6 Å². The van der Waals surface area contributed by atoms with Gasteiger partial charge in [-0.1, -0.05) is 43.7 Å². The lowest BCUT2D eigenvalue weighted by Crippen LogP contribution is -2.59. The maximum atomic E-state index is 14.3. The molecule has 8 nitrogen and oxygen atoms in total. The second kappa shape index (κ2) is 9.01. The number of rotatable bonds is 5. The molecule has 5 rings (SSSR count). The van der Waals surface area contributed by atoms with Crippen LogP contribution in [0.4, 0.5) is 5.69 Å². The zero-order valence-electron chi connectivity index (χ0n) is 20.6. The van der Waals surface area contributed by atoms with Crippen LogP contribution in [0.5, 0.6) is 0 Å². The van der Waals surface area contributed by atoms with Crippen LogP contribution in [-0.2, 0) is 23.9 Å². The molecular weight excluding hydrogens is 484 g/mol. The van der Waals surface area contributed by atoms with E-state index in [-0.39, 0.29) is 37.5 Å². The van der Waals surface area contributed by atoms with Crippen molar-refractivity contribution in [1.29, 1.82) is 0 Å². The second-order valence-corrected chi connectivity index (χ2v) is 11.0. The largest absolute Gasteiger partial charge is 0.461 e. The number of esters is 1. The number of aliphatic hydroxyl groups is 1. The molecular formula is C27H31ClN2O6. The number of anilines is 1. The lowest BCUT2D eigenvalue weighted by molar-refractivity contribution is -0.158.